The first-order valence-corrected chi connectivity index (χ1v) is 8.15. The molecule has 0 spiro atoms. The van der Waals surface area contributed by atoms with Crippen molar-refractivity contribution in [2.24, 2.45) is 0 Å². The number of aromatic nitrogens is 2. The number of nitrogens with one attached hydrogen (secondary N) is 2. The molecular weight excluding hydrogens is 379 g/mol. The van der Waals surface area contributed by atoms with E-state index in [-0.39, 0.29) is 17.1 Å². The summed E-state index contributed by atoms with van der Waals surface area (Å²) in [5.41, 5.74) is 0.631. The zero-order chi connectivity index (χ0) is 18.7. The molecule has 7 nitrogen and oxygen atoms in total. The fourth-order valence-corrected chi connectivity index (χ4v) is 2.43. The molecule has 0 bridgehead atoms. The van der Waals surface area contributed by atoms with Crippen LogP contribution in [0.4, 0.5) is 11.5 Å². The van der Waals surface area contributed by atoms with Crippen molar-refractivity contribution in [1.82, 2.24) is 10.1 Å². The average molecular weight is 391 g/mol. The predicted molar refractivity (Wildman–Crippen MR) is 97.8 cm³/mol. The molecule has 0 saturated carbocycles. The maximum atomic E-state index is 12.4. The minimum Gasteiger partial charge on any atom is -0.360 e. The minimum absolute atomic E-state index is 0.0463. The monoisotopic (exact) mass is 390 g/mol. The van der Waals surface area contributed by atoms with Crippen LogP contribution in [0.2, 0.25) is 10.0 Å². The molecule has 9 heteroatoms. The predicted octanol–water partition coefficient (Wildman–Crippen LogP) is 4.19. The largest absolute Gasteiger partial charge is 0.360 e. The van der Waals surface area contributed by atoms with E-state index in [2.05, 4.69) is 20.8 Å². The summed E-state index contributed by atoms with van der Waals surface area (Å²) in [6, 6.07) is 9.10. The summed E-state index contributed by atoms with van der Waals surface area (Å²) in [5.74, 6) is -0.133. The molecule has 2 heterocycles. The zero-order valence-corrected chi connectivity index (χ0v) is 14.9. The molecule has 0 aliphatic heterocycles. The number of pyridine rings is 1. The fourth-order valence-electron chi connectivity index (χ4n) is 2.09. The maximum Gasteiger partial charge on any atom is 0.274 e. The Kier molecular flexibility index (Phi) is 5.20. The third-order valence-electron chi connectivity index (χ3n) is 3.30. The zero-order valence-electron chi connectivity index (χ0n) is 13.4. The molecular formula is C17H12Cl2N4O3. The highest BCUT2D eigenvalue weighted by molar-refractivity contribution is 6.35. The van der Waals surface area contributed by atoms with Gasteiger partial charge in [0.15, 0.2) is 5.82 Å². The van der Waals surface area contributed by atoms with Gasteiger partial charge in [0.1, 0.15) is 11.5 Å². The Morgan fingerprint density at radius 3 is 2.58 bits per heavy atom. The highest BCUT2D eigenvalue weighted by atomic mass is 35.5. The first-order chi connectivity index (χ1) is 12.4. The molecule has 0 radical (unpaired) electrons. The molecule has 0 saturated heterocycles. The van der Waals surface area contributed by atoms with E-state index in [1.165, 1.54) is 24.4 Å². The number of anilines is 2. The smallest absolute Gasteiger partial charge is 0.274 e. The van der Waals surface area contributed by atoms with Gasteiger partial charge in [-0.05, 0) is 37.3 Å². The van der Waals surface area contributed by atoms with Gasteiger partial charge in [-0.15, -0.1) is 0 Å². The van der Waals surface area contributed by atoms with Crippen molar-refractivity contribution in [3.63, 3.8) is 0 Å². The number of rotatable bonds is 4. The molecule has 2 N–H and O–H groups in total. The first-order valence-electron chi connectivity index (χ1n) is 7.39. The van der Waals surface area contributed by atoms with E-state index in [4.69, 9.17) is 27.7 Å². The van der Waals surface area contributed by atoms with E-state index < -0.39 is 11.8 Å². The average Bonchev–Trinajstić information content (AvgIpc) is 3.03. The van der Waals surface area contributed by atoms with E-state index in [1.807, 2.05) is 0 Å². The number of halogens is 2. The molecule has 0 atom stereocenters. The topological polar surface area (TPSA) is 97.1 Å². The summed E-state index contributed by atoms with van der Waals surface area (Å²) in [6.45, 7) is 1.71. The second-order valence-corrected chi connectivity index (χ2v) is 6.13. The van der Waals surface area contributed by atoms with Gasteiger partial charge >= 0.3 is 0 Å². The number of hydrogen-bond acceptors (Lipinski definition) is 5. The van der Waals surface area contributed by atoms with Gasteiger partial charge in [0.2, 0.25) is 0 Å². The van der Waals surface area contributed by atoms with Crippen molar-refractivity contribution in [2.75, 3.05) is 10.6 Å². The number of carbonyl (C=O) groups is 2. The van der Waals surface area contributed by atoms with Crippen LogP contribution in [0, 0.1) is 6.92 Å². The van der Waals surface area contributed by atoms with Crippen molar-refractivity contribution in [3.05, 3.63) is 69.7 Å². The number of aryl methyl sites for hydroxylation is 1. The number of carbonyl (C=O) groups excluding carboxylic acids is 2. The molecule has 3 rings (SSSR count). The van der Waals surface area contributed by atoms with Crippen molar-refractivity contribution in [2.45, 2.75) is 6.92 Å². The summed E-state index contributed by atoms with van der Waals surface area (Å²) in [4.78, 5) is 28.6. The van der Waals surface area contributed by atoms with Crippen molar-refractivity contribution >= 4 is 46.5 Å². The van der Waals surface area contributed by atoms with Crippen LogP contribution in [0.3, 0.4) is 0 Å². The van der Waals surface area contributed by atoms with Crippen molar-refractivity contribution in [3.8, 4) is 0 Å². The van der Waals surface area contributed by atoms with Crippen LogP contribution in [0.1, 0.15) is 26.6 Å². The fraction of sp³-hybridized carbons (Fsp3) is 0.0588. The minimum atomic E-state index is -0.527. The van der Waals surface area contributed by atoms with Crippen LogP contribution in [-0.4, -0.2) is 22.0 Å². The molecule has 0 unspecified atom stereocenters. The highest BCUT2D eigenvalue weighted by Crippen LogP contribution is 2.25. The molecule has 2 amide bonds. The third kappa shape index (κ3) is 4.19. The van der Waals surface area contributed by atoms with Crippen LogP contribution in [0.15, 0.2) is 47.1 Å². The first kappa shape index (κ1) is 17.9. The number of hydrogen-bond donors (Lipinski definition) is 2. The van der Waals surface area contributed by atoms with Crippen LogP contribution in [0.5, 0.6) is 0 Å². The third-order valence-corrected chi connectivity index (χ3v) is 3.87. The molecule has 132 valence electrons. The van der Waals surface area contributed by atoms with Crippen LogP contribution in [-0.2, 0) is 0 Å². The van der Waals surface area contributed by atoms with Gasteiger partial charge in [-0.3, -0.25) is 14.6 Å². The lowest BCUT2D eigenvalue weighted by Crippen LogP contribution is -2.17. The van der Waals surface area contributed by atoms with Gasteiger partial charge in [0.25, 0.3) is 11.8 Å². The lowest BCUT2D eigenvalue weighted by molar-refractivity contribution is 0.102. The maximum absolute atomic E-state index is 12.4. The number of nitrogens with zero attached hydrogens (tertiary/aromatic N) is 2. The Hall–Kier alpha value is -2.90. The quantitative estimate of drug-likeness (QED) is 0.695. The van der Waals surface area contributed by atoms with Crippen LogP contribution >= 0.6 is 23.2 Å². The van der Waals surface area contributed by atoms with E-state index >= 15 is 0 Å². The van der Waals surface area contributed by atoms with E-state index in [9.17, 15) is 9.59 Å². The summed E-state index contributed by atoms with van der Waals surface area (Å²) in [5, 5.41) is 9.62. The van der Waals surface area contributed by atoms with Crippen molar-refractivity contribution < 1.29 is 14.1 Å². The molecule has 2 aromatic heterocycles. The Morgan fingerprint density at radius 1 is 1.04 bits per heavy atom. The molecule has 1 aromatic carbocycles. The molecule has 0 aliphatic carbocycles. The number of benzene rings is 1. The Balaban J connectivity index is 1.76. The normalized spacial score (nSPS) is 10.4. The van der Waals surface area contributed by atoms with E-state index in [0.29, 0.717) is 21.5 Å². The summed E-state index contributed by atoms with van der Waals surface area (Å²) < 4.78 is 4.89. The molecule has 0 aliphatic rings. The Labute approximate surface area is 158 Å². The van der Waals surface area contributed by atoms with E-state index in [0.717, 1.165) is 0 Å². The Morgan fingerprint density at radius 2 is 1.85 bits per heavy atom. The standard InChI is InChI=1S/C17H12Cl2N4O3/c1-9-6-15(23-26-9)22-16(24)10-4-5-20-14(7-10)17(25)21-13-8-11(18)2-3-12(13)19/h2-8H,1H3,(H,21,25)(H,22,23,24). The molecule has 0 fully saturated rings. The van der Waals surface area contributed by atoms with Gasteiger partial charge in [0.05, 0.1) is 10.7 Å². The van der Waals surface area contributed by atoms with Gasteiger partial charge < -0.3 is 15.2 Å². The van der Waals surface area contributed by atoms with Crippen LogP contribution < -0.4 is 10.6 Å². The summed E-state index contributed by atoms with van der Waals surface area (Å²) in [7, 11) is 0. The highest BCUT2D eigenvalue weighted by Gasteiger charge is 2.14. The van der Waals surface area contributed by atoms with E-state index in [1.54, 1.807) is 25.1 Å². The van der Waals surface area contributed by atoms with Gasteiger partial charge in [0, 0.05) is 22.8 Å². The summed E-state index contributed by atoms with van der Waals surface area (Å²) in [6.07, 6.45) is 1.36. The summed E-state index contributed by atoms with van der Waals surface area (Å²) >= 11 is 11.9. The molecule has 3 aromatic rings. The second-order valence-electron chi connectivity index (χ2n) is 5.28. The van der Waals surface area contributed by atoms with Crippen molar-refractivity contribution in [1.29, 1.82) is 0 Å². The van der Waals surface area contributed by atoms with Gasteiger partial charge in [-0.1, -0.05) is 28.4 Å². The van der Waals surface area contributed by atoms with Gasteiger partial charge in [-0.25, -0.2) is 0 Å². The molecule has 26 heavy (non-hydrogen) atoms. The van der Waals surface area contributed by atoms with Gasteiger partial charge in [-0.2, -0.15) is 0 Å². The second kappa shape index (κ2) is 7.55. The SMILES string of the molecule is Cc1cc(NC(=O)c2ccnc(C(=O)Nc3cc(Cl)ccc3Cl)c2)no1. The van der Waals surface area contributed by atoms with Crippen LogP contribution in [0.25, 0.3) is 0 Å². The lowest BCUT2D eigenvalue weighted by atomic mass is 10.2. The number of amides is 2. The lowest BCUT2D eigenvalue weighted by Gasteiger charge is -2.08. The Bertz CT molecular complexity index is 988.